The van der Waals surface area contributed by atoms with Gasteiger partial charge in [-0.05, 0) is 57.5 Å². The first-order valence-corrected chi connectivity index (χ1v) is 8.32. The van der Waals surface area contributed by atoms with E-state index in [1.165, 1.54) is 32.4 Å². The number of ether oxygens (including phenoxy) is 1. The molecule has 0 spiro atoms. The summed E-state index contributed by atoms with van der Waals surface area (Å²) in [7, 11) is 1.81. The lowest BCUT2D eigenvalue weighted by Gasteiger charge is -2.37. The Hall–Kier alpha value is -0.160. The summed E-state index contributed by atoms with van der Waals surface area (Å²) >= 11 is 0. The normalized spacial score (nSPS) is 35.5. The second-order valence-electron chi connectivity index (χ2n) is 6.72. The summed E-state index contributed by atoms with van der Waals surface area (Å²) in [6, 6.07) is 0.645. The highest BCUT2D eigenvalue weighted by atomic mass is 16.5. The summed E-state index contributed by atoms with van der Waals surface area (Å²) in [5.41, 5.74) is -0.0190. The van der Waals surface area contributed by atoms with Crippen LogP contribution in [-0.2, 0) is 4.74 Å². The molecule has 1 saturated carbocycles. The van der Waals surface area contributed by atoms with Gasteiger partial charge in [-0.1, -0.05) is 6.92 Å². The number of aliphatic hydroxyl groups is 1. The van der Waals surface area contributed by atoms with E-state index in [1.807, 2.05) is 0 Å². The van der Waals surface area contributed by atoms with Crippen LogP contribution in [0.25, 0.3) is 0 Å². The molecule has 1 saturated heterocycles. The number of methoxy groups -OCH3 is 1. The summed E-state index contributed by atoms with van der Waals surface area (Å²) in [4.78, 5) is 2.65. The fraction of sp³-hybridized carbons (Fsp3) is 1.00. The lowest BCUT2D eigenvalue weighted by atomic mass is 9.95. The lowest BCUT2D eigenvalue weighted by Crippen LogP contribution is -2.49. The second kappa shape index (κ2) is 7.74. The minimum atomic E-state index is -0.0190. The molecule has 0 radical (unpaired) electrons. The zero-order valence-corrected chi connectivity index (χ0v) is 13.2. The van der Waals surface area contributed by atoms with Gasteiger partial charge in [0, 0.05) is 25.2 Å². The maximum atomic E-state index is 9.79. The third-order valence-electron chi connectivity index (χ3n) is 5.10. The fourth-order valence-corrected chi connectivity index (χ4v) is 3.96. The van der Waals surface area contributed by atoms with Crippen molar-refractivity contribution < 1.29 is 9.84 Å². The molecule has 1 aliphatic heterocycles. The van der Waals surface area contributed by atoms with E-state index < -0.39 is 0 Å². The van der Waals surface area contributed by atoms with Gasteiger partial charge >= 0.3 is 0 Å². The summed E-state index contributed by atoms with van der Waals surface area (Å²) in [6.45, 7) is 6.76. The van der Waals surface area contributed by atoms with Gasteiger partial charge in [0.1, 0.15) is 0 Å². The predicted molar refractivity (Wildman–Crippen MR) is 81.9 cm³/mol. The Bertz CT molecular complexity index is 286. The first kappa shape index (κ1) is 16.2. The molecule has 0 amide bonds. The van der Waals surface area contributed by atoms with Crippen LogP contribution in [0.5, 0.6) is 0 Å². The average Bonchev–Trinajstić information content (AvgIpc) is 2.91. The molecular weight excluding hydrogens is 252 g/mol. The maximum Gasteiger partial charge on any atom is 0.0613 e. The molecule has 1 heterocycles. The van der Waals surface area contributed by atoms with Crippen LogP contribution in [0.4, 0.5) is 0 Å². The molecule has 2 fully saturated rings. The van der Waals surface area contributed by atoms with Crippen molar-refractivity contribution in [2.24, 2.45) is 5.92 Å². The Morgan fingerprint density at radius 3 is 2.95 bits per heavy atom. The van der Waals surface area contributed by atoms with Crippen molar-refractivity contribution in [1.29, 1.82) is 0 Å². The molecule has 20 heavy (non-hydrogen) atoms. The number of piperidine rings is 1. The molecule has 4 nitrogen and oxygen atoms in total. The largest absolute Gasteiger partial charge is 0.394 e. The first-order chi connectivity index (χ1) is 9.73. The SMILES string of the molecule is CCCNC1(CO)CCC(N2CCCC(COC)C2)C1. The monoisotopic (exact) mass is 284 g/mol. The lowest BCUT2D eigenvalue weighted by molar-refractivity contribution is 0.0644. The van der Waals surface area contributed by atoms with Crippen molar-refractivity contribution in [3.05, 3.63) is 0 Å². The van der Waals surface area contributed by atoms with Crippen LogP contribution >= 0.6 is 0 Å². The molecule has 3 atom stereocenters. The molecule has 1 aliphatic carbocycles. The highest BCUT2D eigenvalue weighted by molar-refractivity contribution is 5.00. The minimum Gasteiger partial charge on any atom is -0.394 e. The van der Waals surface area contributed by atoms with Gasteiger partial charge < -0.3 is 15.2 Å². The third kappa shape index (κ3) is 3.94. The zero-order chi connectivity index (χ0) is 14.4. The van der Waals surface area contributed by atoms with E-state index >= 15 is 0 Å². The van der Waals surface area contributed by atoms with Crippen LogP contribution in [0.1, 0.15) is 45.4 Å². The van der Waals surface area contributed by atoms with Crippen molar-refractivity contribution in [2.75, 3.05) is 40.0 Å². The molecule has 118 valence electrons. The smallest absolute Gasteiger partial charge is 0.0613 e. The number of hydrogen-bond donors (Lipinski definition) is 2. The van der Waals surface area contributed by atoms with Crippen LogP contribution in [0.3, 0.4) is 0 Å². The summed E-state index contributed by atoms with van der Waals surface area (Å²) in [6.07, 6.45) is 7.15. The molecule has 2 aliphatic rings. The topological polar surface area (TPSA) is 44.7 Å². The highest BCUT2D eigenvalue weighted by Gasteiger charge is 2.41. The van der Waals surface area contributed by atoms with E-state index in [9.17, 15) is 5.11 Å². The van der Waals surface area contributed by atoms with Gasteiger partial charge in [-0.2, -0.15) is 0 Å². The molecule has 4 heteroatoms. The van der Waals surface area contributed by atoms with Crippen LogP contribution < -0.4 is 5.32 Å². The van der Waals surface area contributed by atoms with Gasteiger partial charge in [0.05, 0.1) is 13.2 Å². The third-order valence-corrected chi connectivity index (χ3v) is 5.10. The van der Waals surface area contributed by atoms with E-state index in [1.54, 1.807) is 7.11 Å². The Labute approximate surface area is 123 Å². The van der Waals surface area contributed by atoms with Crippen LogP contribution in [0.2, 0.25) is 0 Å². The standard InChI is InChI=1S/C16H32N2O2/c1-3-8-17-16(13-19)7-6-15(10-16)18-9-4-5-14(11-18)12-20-2/h14-15,17,19H,3-13H2,1-2H3. The average molecular weight is 284 g/mol. The van der Waals surface area contributed by atoms with Gasteiger partial charge in [0.25, 0.3) is 0 Å². The molecule has 2 rings (SSSR count). The number of nitrogens with zero attached hydrogens (tertiary/aromatic N) is 1. The number of hydrogen-bond acceptors (Lipinski definition) is 4. The fourth-order valence-electron chi connectivity index (χ4n) is 3.96. The van der Waals surface area contributed by atoms with Crippen molar-refractivity contribution >= 4 is 0 Å². The quantitative estimate of drug-likeness (QED) is 0.746. The van der Waals surface area contributed by atoms with E-state index in [0.29, 0.717) is 12.0 Å². The van der Waals surface area contributed by atoms with E-state index in [0.717, 1.165) is 32.4 Å². The Kier molecular flexibility index (Phi) is 6.27. The van der Waals surface area contributed by atoms with Gasteiger partial charge in [0.15, 0.2) is 0 Å². The van der Waals surface area contributed by atoms with Gasteiger partial charge in [-0.3, -0.25) is 4.90 Å². The van der Waals surface area contributed by atoms with E-state index in [2.05, 4.69) is 17.1 Å². The summed E-state index contributed by atoms with van der Waals surface area (Å²) in [5, 5.41) is 13.4. The number of likely N-dealkylation sites (tertiary alicyclic amines) is 1. The minimum absolute atomic E-state index is 0.0190. The summed E-state index contributed by atoms with van der Waals surface area (Å²) < 4.78 is 5.33. The van der Waals surface area contributed by atoms with Crippen molar-refractivity contribution in [3.63, 3.8) is 0 Å². The highest BCUT2D eigenvalue weighted by Crippen LogP contribution is 2.34. The Morgan fingerprint density at radius 2 is 2.25 bits per heavy atom. The van der Waals surface area contributed by atoms with Gasteiger partial charge in [-0.25, -0.2) is 0 Å². The summed E-state index contributed by atoms with van der Waals surface area (Å²) in [5.74, 6) is 0.696. The van der Waals surface area contributed by atoms with Crippen molar-refractivity contribution in [3.8, 4) is 0 Å². The Balaban J connectivity index is 1.87. The van der Waals surface area contributed by atoms with Gasteiger partial charge in [0.2, 0.25) is 0 Å². The Morgan fingerprint density at radius 1 is 1.40 bits per heavy atom. The maximum absolute atomic E-state index is 9.79. The van der Waals surface area contributed by atoms with Crippen LogP contribution in [0, 0.1) is 5.92 Å². The number of rotatable bonds is 7. The molecule has 2 N–H and O–H groups in total. The first-order valence-electron chi connectivity index (χ1n) is 8.32. The molecule has 0 aromatic rings. The predicted octanol–water partition coefficient (Wildman–Crippen LogP) is 1.63. The number of nitrogens with one attached hydrogen (secondary N) is 1. The van der Waals surface area contributed by atoms with Crippen LogP contribution in [0.15, 0.2) is 0 Å². The molecule has 0 aromatic carbocycles. The number of aliphatic hydroxyl groups excluding tert-OH is 1. The van der Waals surface area contributed by atoms with E-state index in [4.69, 9.17) is 4.74 Å². The molecule has 3 unspecified atom stereocenters. The molecule has 0 bridgehead atoms. The zero-order valence-electron chi connectivity index (χ0n) is 13.2. The van der Waals surface area contributed by atoms with Crippen molar-refractivity contribution in [2.45, 2.75) is 57.0 Å². The van der Waals surface area contributed by atoms with Crippen molar-refractivity contribution in [1.82, 2.24) is 10.2 Å². The van der Waals surface area contributed by atoms with Gasteiger partial charge in [-0.15, -0.1) is 0 Å². The van der Waals surface area contributed by atoms with E-state index in [-0.39, 0.29) is 12.1 Å². The second-order valence-corrected chi connectivity index (χ2v) is 6.72. The molecule has 0 aromatic heterocycles. The molecular formula is C16H32N2O2. The van der Waals surface area contributed by atoms with Crippen LogP contribution in [-0.4, -0.2) is 61.5 Å².